The van der Waals surface area contributed by atoms with Crippen LogP contribution >= 0.6 is 11.3 Å². The Balaban J connectivity index is 1.59. The number of carbonyl (C=O) groups excluding carboxylic acids is 1. The number of amides is 1. The molecule has 5 rings (SSSR count). The van der Waals surface area contributed by atoms with Gasteiger partial charge in [-0.1, -0.05) is 19.9 Å². The average Bonchev–Trinajstić information content (AvgIpc) is 3.16. The minimum absolute atomic E-state index is 0.00661. The molecule has 2 bridgehead atoms. The fourth-order valence-electron chi connectivity index (χ4n) is 5.29. The number of carbonyl (C=O) groups is 1. The number of aromatic hydroxyl groups is 1. The zero-order valence-corrected chi connectivity index (χ0v) is 17.2. The molecule has 0 spiro atoms. The van der Waals surface area contributed by atoms with Crippen molar-refractivity contribution in [1.82, 2.24) is 9.88 Å². The minimum atomic E-state index is -0.720. The Bertz CT molecular complexity index is 1190. The lowest BCUT2D eigenvalue weighted by Gasteiger charge is -2.58. The van der Waals surface area contributed by atoms with Crippen molar-refractivity contribution in [1.29, 1.82) is 5.26 Å². The summed E-state index contributed by atoms with van der Waals surface area (Å²) in [5.74, 6) is 0.191. The number of phenolic OH excluding ortho intramolecular Hbond substituents is 1. The van der Waals surface area contributed by atoms with Gasteiger partial charge >= 0.3 is 0 Å². The highest BCUT2D eigenvalue weighted by Gasteiger charge is 2.60. The first-order valence-electron chi connectivity index (χ1n) is 9.75. The van der Waals surface area contributed by atoms with Gasteiger partial charge in [-0.25, -0.2) is 4.98 Å². The molecule has 1 N–H and O–H groups in total. The highest BCUT2D eigenvalue weighted by Crippen LogP contribution is 2.56. The number of likely N-dealkylation sites (tertiary alicyclic amines) is 1. The maximum atomic E-state index is 13.5. The predicted molar refractivity (Wildman–Crippen MR) is 112 cm³/mol. The number of nitriles is 1. The first-order valence-corrected chi connectivity index (χ1v) is 10.6. The lowest BCUT2D eigenvalue weighted by Crippen LogP contribution is -2.65. The summed E-state index contributed by atoms with van der Waals surface area (Å²) in [7, 11) is 0. The summed E-state index contributed by atoms with van der Waals surface area (Å²) >= 11 is 1.53. The first kappa shape index (κ1) is 18.1. The number of aromatic nitrogens is 1. The van der Waals surface area contributed by atoms with E-state index in [1.807, 2.05) is 29.2 Å². The van der Waals surface area contributed by atoms with Crippen LogP contribution in [0.25, 0.3) is 10.2 Å². The van der Waals surface area contributed by atoms with E-state index in [0.29, 0.717) is 24.9 Å². The molecule has 1 saturated heterocycles. The predicted octanol–water partition coefficient (Wildman–Crippen LogP) is 4.26. The number of thiazole rings is 1. The normalized spacial score (nSPS) is 24.7. The van der Waals surface area contributed by atoms with Crippen LogP contribution in [0.15, 0.2) is 41.9 Å². The molecule has 0 radical (unpaired) electrons. The standard InChI is InChI=1S/C23H21N3O2S/c1-22(2)20-10-14-3-5-16(27)11-17(14)23(22,12-24)7-8-26(20)21(28)15-4-6-18-19(9-15)29-13-25-18/h3-6,9,11,13,20,27H,7-8,10H2,1-2H3. The van der Waals surface area contributed by atoms with Crippen molar-refractivity contribution in [3.8, 4) is 11.8 Å². The number of piperidine rings is 1. The Hall–Kier alpha value is -2.91. The van der Waals surface area contributed by atoms with Crippen molar-refractivity contribution in [2.45, 2.75) is 38.1 Å². The van der Waals surface area contributed by atoms with E-state index < -0.39 is 10.8 Å². The molecule has 2 unspecified atom stereocenters. The summed E-state index contributed by atoms with van der Waals surface area (Å²) in [6.07, 6.45) is 1.23. The van der Waals surface area contributed by atoms with Crippen molar-refractivity contribution in [3.05, 3.63) is 58.6 Å². The van der Waals surface area contributed by atoms with E-state index in [4.69, 9.17) is 0 Å². The molecule has 1 aliphatic carbocycles. The third-order valence-electron chi connectivity index (χ3n) is 7.03. The molecular weight excluding hydrogens is 382 g/mol. The smallest absolute Gasteiger partial charge is 0.254 e. The van der Waals surface area contributed by atoms with Gasteiger partial charge in [0.1, 0.15) is 5.75 Å². The van der Waals surface area contributed by atoms with Gasteiger partial charge in [-0.05, 0) is 54.3 Å². The molecule has 1 aliphatic heterocycles. The van der Waals surface area contributed by atoms with E-state index in [1.165, 1.54) is 11.3 Å². The molecule has 2 aromatic carbocycles. The molecule has 1 aromatic heterocycles. The molecule has 29 heavy (non-hydrogen) atoms. The average molecular weight is 404 g/mol. The second-order valence-corrected chi connectivity index (χ2v) is 9.47. The Morgan fingerprint density at radius 3 is 2.93 bits per heavy atom. The van der Waals surface area contributed by atoms with Crippen molar-refractivity contribution >= 4 is 27.5 Å². The van der Waals surface area contributed by atoms with Crippen LogP contribution in [-0.4, -0.2) is 33.5 Å². The Morgan fingerprint density at radius 1 is 1.31 bits per heavy atom. The molecule has 1 fully saturated rings. The fraction of sp³-hybridized carbons (Fsp3) is 0.348. The van der Waals surface area contributed by atoms with Crippen LogP contribution < -0.4 is 0 Å². The molecule has 3 aromatic rings. The number of fused-ring (bicyclic) bond motifs is 5. The number of hydrogen-bond acceptors (Lipinski definition) is 5. The quantitative estimate of drug-likeness (QED) is 0.659. The summed E-state index contributed by atoms with van der Waals surface area (Å²) in [5.41, 5.74) is 4.16. The van der Waals surface area contributed by atoms with Crippen LogP contribution in [0.2, 0.25) is 0 Å². The molecule has 6 heteroatoms. The largest absolute Gasteiger partial charge is 0.508 e. The minimum Gasteiger partial charge on any atom is -0.508 e. The van der Waals surface area contributed by atoms with E-state index >= 15 is 0 Å². The topological polar surface area (TPSA) is 77.2 Å². The molecule has 2 aliphatic rings. The van der Waals surface area contributed by atoms with Crippen LogP contribution in [0.3, 0.4) is 0 Å². The number of nitrogens with zero attached hydrogens (tertiary/aromatic N) is 3. The molecule has 2 heterocycles. The number of phenols is 1. The Labute approximate surface area is 173 Å². The van der Waals surface area contributed by atoms with Gasteiger partial charge in [0.05, 0.1) is 27.2 Å². The van der Waals surface area contributed by atoms with Crippen LogP contribution in [0.4, 0.5) is 0 Å². The molecule has 146 valence electrons. The SMILES string of the molecule is CC1(C)C2Cc3ccc(O)cc3C1(C#N)CCN2C(=O)c1ccc2ncsc2c1. The van der Waals surface area contributed by atoms with E-state index in [-0.39, 0.29) is 17.7 Å². The fourth-order valence-corrected chi connectivity index (χ4v) is 6.01. The Kier molecular flexibility index (Phi) is 3.78. The van der Waals surface area contributed by atoms with Crippen molar-refractivity contribution in [3.63, 3.8) is 0 Å². The zero-order valence-electron chi connectivity index (χ0n) is 16.3. The monoisotopic (exact) mass is 403 g/mol. The number of rotatable bonds is 1. The van der Waals surface area contributed by atoms with E-state index in [0.717, 1.165) is 21.3 Å². The van der Waals surface area contributed by atoms with Gasteiger partial charge in [-0.2, -0.15) is 5.26 Å². The summed E-state index contributed by atoms with van der Waals surface area (Å²) in [4.78, 5) is 19.7. The molecule has 0 saturated carbocycles. The summed E-state index contributed by atoms with van der Waals surface area (Å²) < 4.78 is 1.00. The first-order chi connectivity index (χ1) is 13.9. The van der Waals surface area contributed by atoms with Gasteiger partial charge in [0.25, 0.3) is 5.91 Å². The van der Waals surface area contributed by atoms with Crippen LogP contribution in [0.1, 0.15) is 41.8 Å². The van der Waals surface area contributed by atoms with Gasteiger partial charge in [-0.15, -0.1) is 11.3 Å². The molecule has 5 nitrogen and oxygen atoms in total. The lowest BCUT2D eigenvalue weighted by molar-refractivity contribution is -0.0120. The van der Waals surface area contributed by atoms with Gasteiger partial charge in [0.2, 0.25) is 0 Å². The van der Waals surface area contributed by atoms with Crippen molar-refractivity contribution in [2.24, 2.45) is 5.41 Å². The maximum absolute atomic E-state index is 13.5. The van der Waals surface area contributed by atoms with Crippen LogP contribution in [0, 0.1) is 16.7 Å². The van der Waals surface area contributed by atoms with Crippen molar-refractivity contribution in [2.75, 3.05) is 6.54 Å². The van der Waals surface area contributed by atoms with E-state index in [9.17, 15) is 15.2 Å². The van der Waals surface area contributed by atoms with Gasteiger partial charge < -0.3 is 10.0 Å². The van der Waals surface area contributed by atoms with E-state index in [1.54, 1.807) is 17.6 Å². The van der Waals surface area contributed by atoms with Gasteiger partial charge in [0.15, 0.2) is 0 Å². The van der Waals surface area contributed by atoms with Crippen LogP contribution in [0.5, 0.6) is 5.75 Å². The molecular formula is C23H21N3O2S. The second-order valence-electron chi connectivity index (χ2n) is 8.58. The van der Waals surface area contributed by atoms with Gasteiger partial charge in [-0.3, -0.25) is 4.79 Å². The highest BCUT2D eigenvalue weighted by atomic mass is 32.1. The summed E-state index contributed by atoms with van der Waals surface area (Å²) in [6.45, 7) is 4.69. The van der Waals surface area contributed by atoms with E-state index in [2.05, 4.69) is 24.9 Å². The zero-order chi connectivity index (χ0) is 20.4. The number of benzene rings is 2. The van der Waals surface area contributed by atoms with Crippen molar-refractivity contribution < 1.29 is 9.90 Å². The third kappa shape index (κ3) is 2.37. The highest BCUT2D eigenvalue weighted by molar-refractivity contribution is 7.16. The third-order valence-corrected chi connectivity index (χ3v) is 7.83. The second kappa shape index (κ2) is 6.04. The number of hydrogen-bond donors (Lipinski definition) is 1. The van der Waals surface area contributed by atoms with Crippen LogP contribution in [-0.2, 0) is 11.8 Å². The Morgan fingerprint density at radius 2 is 2.14 bits per heavy atom. The lowest BCUT2D eigenvalue weighted by atomic mass is 9.50. The maximum Gasteiger partial charge on any atom is 0.254 e. The molecule has 2 atom stereocenters. The summed E-state index contributed by atoms with van der Waals surface area (Å²) in [5, 5.41) is 20.3. The summed E-state index contributed by atoms with van der Waals surface area (Å²) in [6, 6.07) is 13.5. The molecule has 1 amide bonds. The van der Waals surface area contributed by atoms with Gasteiger partial charge in [0, 0.05) is 23.6 Å².